The molecule has 2 fully saturated rings. The molecule has 0 aromatic heterocycles. The summed E-state index contributed by atoms with van der Waals surface area (Å²) in [6.07, 6.45) is 1.81. The van der Waals surface area contributed by atoms with Gasteiger partial charge in [0.05, 0.1) is 19.7 Å². The van der Waals surface area contributed by atoms with Gasteiger partial charge in [0.25, 0.3) is 0 Å². The van der Waals surface area contributed by atoms with Crippen LogP contribution in [0.25, 0.3) is 0 Å². The van der Waals surface area contributed by atoms with Crippen LogP contribution in [0.3, 0.4) is 0 Å². The van der Waals surface area contributed by atoms with Gasteiger partial charge >= 0.3 is 12.1 Å². The van der Waals surface area contributed by atoms with Crippen LogP contribution in [0.15, 0.2) is 36.9 Å². The van der Waals surface area contributed by atoms with Gasteiger partial charge in [0.1, 0.15) is 11.9 Å². The Morgan fingerprint density at radius 3 is 2.84 bits per heavy atom. The number of urea groups is 1. The SMILES string of the molecule is C=CCNC(=O)N1C[C@@H]2OC(=O)N(CCc3ccc(OC)cc3)[C@@H]2C1. The predicted molar refractivity (Wildman–Crippen MR) is 92.6 cm³/mol. The van der Waals surface area contributed by atoms with E-state index in [0.29, 0.717) is 26.2 Å². The quantitative estimate of drug-likeness (QED) is 0.796. The van der Waals surface area contributed by atoms with E-state index in [9.17, 15) is 9.59 Å². The minimum atomic E-state index is -0.297. The number of ether oxygens (including phenoxy) is 2. The summed E-state index contributed by atoms with van der Waals surface area (Å²) in [5, 5.41) is 2.76. The Hall–Kier alpha value is -2.70. The van der Waals surface area contributed by atoms with Crippen LogP contribution in [0.4, 0.5) is 9.59 Å². The molecular weight excluding hydrogens is 322 g/mol. The van der Waals surface area contributed by atoms with Crippen LogP contribution in [0, 0.1) is 0 Å². The largest absolute Gasteiger partial charge is 0.497 e. The van der Waals surface area contributed by atoms with Gasteiger partial charge in [-0.1, -0.05) is 18.2 Å². The van der Waals surface area contributed by atoms with Crippen molar-refractivity contribution in [3.63, 3.8) is 0 Å². The fourth-order valence-electron chi connectivity index (χ4n) is 3.24. The second kappa shape index (κ2) is 7.46. The summed E-state index contributed by atoms with van der Waals surface area (Å²) >= 11 is 0. The third kappa shape index (κ3) is 3.70. The average molecular weight is 345 g/mol. The molecule has 0 spiro atoms. The molecule has 1 aromatic carbocycles. The molecule has 3 amide bonds. The number of hydrogen-bond donors (Lipinski definition) is 1. The molecule has 1 aromatic rings. The van der Waals surface area contributed by atoms with E-state index in [4.69, 9.17) is 9.47 Å². The van der Waals surface area contributed by atoms with Crippen molar-refractivity contribution in [3.05, 3.63) is 42.5 Å². The van der Waals surface area contributed by atoms with E-state index in [1.807, 2.05) is 24.3 Å². The lowest BCUT2D eigenvalue weighted by Gasteiger charge is -2.22. The number of likely N-dealkylation sites (tertiary alicyclic amines) is 1. The number of amides is 3. The first-order valence-electron chi connectivity index (χ1n) is 8.36. The van der Waals surface area contributed by atoms with Gasteiger partial charge in [-0.2, -0.15) is 0 Å². The van der Waals surface area contributed by atoms with Gasteiger partial charge in [0.15, 0.2) is 0 Å². The molecule has 2 atom stereocenters. The van der Waals surface area contributed by atoms with Crippen molar-refractivity contribution in [1.82, 2.24) is 15.1 Å². The molecule has 0 unspecified atom stereocenters. The van der Waals surface area contributed by atoms with Crippen molar-refractivity contribution in [3.8, 4) is 5.75 Å². The first-order chi connectivity index (χ1) is 12.1. The van der Waals surface area contributed by atoms with Gasteiger partial charge in [-0.05, 0) is 24.1 Å². The zero-order valence-corrected chi connectivity index (χ0v) is 14.3. The van der Waals surface area contributed by atoms with Crippen LogP contribution < -0.4 is 10.1 Å². The fourth-order valence-corrected chi connectivity index (χ4v) is 3.24. The lowest BCUT2D eigenvalue weighted by Crippen LogP contribution is -2.43. The monoisotopic (exact) mass is 345 g/mol. The molecule has 0 bridgehead atoms. The molecule has 3 rings (SSSR count). The normalized spacial score (nSPS) is 21.7. The average Bonchev–Trinajstić information content (AvgIpc) is 3.15. The minimum Gasteiger partial charge on any atom is -0.497 e. The Balaban J connectivity index is 1.57. The number of methoxy groups -OCH3 is 1. The molecule has 0 radical (unpaired) electrons. The highest BCUT2D eigenvalue weighted by atomic mass is 16.6. The van der Waals surface area contributed by atoms with E-state index in [-0.39, 0.29) is 24.3 Å². The van der Waals surface area contributed by atoms with Crippen LogP contribution in [-0.2, 0) is 11.2 Å². The van der Waals surface area contributed by atoms with Crippen molar-refractivity contribution >= 4 is 12.1 Å². The maximum absolute atomic E-state index is 12.1. The third-order valence-corrected chi connectivity index (χ3v) is 4.61. The molecule has 134 valence electrons. The second-order valence-corrected chi connectivity index (χ2v) is 6.16. The second-order valence-electron chi connectivity index (χ2n) is 6.16. The molecule has 0 aliphatic carbocycles. The van der Waals surface area contributed by atoms with E-state index in [1.54, 1.807) is 23.0 Å². The summed E-state index contributed by atoms with van der Waals surface area (Å²) < 4.78 is 10.6. The van der Waals surface area contributed by atoms with Crippen molar-refractivity contribution in [2.75, 3.05) is 33.3 Å². The van der Waals surface area contributed by atoms with Crippen LogP contribution in [0.2, 0.25) is 0 Å². The van der Waals surface area contributed by atoms with E-state index >= 15 is 0 Å². The molecule has 2 heterocycles. The maximum atomic E-state index is 12.1. The Morgan fingerprint density at radius 1 is 1.40 bits per heavy atom. The number of fused-ring (bicyclic) bond motifs is 1. The lowest BCUT2D eigenvalue weighted by molar-refractivity contribution is 0.123. The van der Waals surface area contributed by atoms with Gasteiger partial charge in [0.2, 0.25) is 0 Å². The topological polar surface area (TPSA) is 71.1 Å². The van der Waals surface area contributed by atoms with Gasteiger partial charge in [-0.25, -0.2) is 9.59 Å². The van der Waals surface area contributed by atoms with Crippen molar-refractivity contribution in [2.24, 2.45) is 0 Å². The Morgan fingerprint density at radius 2 is 2.16 bits per heavy atom. The van der Waals surface area contributed by atoms with Gasteiger partial charge in [-0.15, -0.1) is 6.58 Å². The summed E-state index contributed by atoms with van der Waals surface area (Å²) in [6, 6.07) is 7.55. The number of hydrogen-bond acceptors (Lipinski definition) is 4. The summed E-state index contributed by atoms with van der Waals surface area (Å²) in [5.41, 5.74) is 1.12. The standard InChI is InChI=1S/C18H23N3O4/c1-3-9-19-17(22)20-11-15-16(12-20)25-18(23)21(15)10-8-13-4-6-14(24-2)7-5-13/h3-7,15-16H,1,8-12H2,2H3,(H,19,22)/t15-,16+/m1/s1. The Bertz CT molecular complexity index is 646. The summed E-state index contributed by atoms with van der Waals surface area (Å²) in [4.78, 5) is 27.6. The Labute approximate surface area is 147 Å². The summed E-state index contributed by atoms with van der Waals surface area (Å²) in [7, 11) is 1.63. The number of nitrogens with zero attached hydrogens (tertiary/aromatic N) is 2. The van der Waals surface area contributed by atoms with E-state index in [1.165, 1.54) is 0 Å². The number of carbonyl (C=O) groups excluding carboxylic acids is 2. The maximum Gasteiger partial charge on any atom is 0.410 e. The van der Waals surface area contributed by atoms with E-state index < -0.39 is 0 Å². The van der Waals surface area contributed by atoms with Gasteiger partial charge in [-0.3, -0.25) is 4.90 Å². The molecule has 0 saturated carbocycles. The first kappa shape index (κ1) is 17.1. The van der Waals surface area contributed by atoms with E-state index in [0.717, 1.165) is 17.7 Å². The number of carbonyl (C=O) groups is 2. The smallest absolute Gasteiger partial charge is 0.410 e. The molecule has 2 aliphatic heterocycles. The number of rotatable bonds is 6. The van der Waals surface area contributed by atoms with Crippen LogP contribution in [0.5, 0.6) is 5.75 Å². The highest BCUT2D eigenvalue weighted by molar-refractivity contribution is 5.76. The highest BCUT2D eigenvalue weighted by Gasteiger charge is 2.48. The Kier molecular flexibility index (Phi) is 5.11. The third-order valence-electron chi connectivity index (χ3n) is 4.61. The molecular formula is C18H23N3O4. The lowest BCUT2D eigenvalue weighted by atomic mass is 10.1. The van der Waals surface area contributed by atoms with Crippen LogP contribution >= 0.6 is 0 Å². The molecule has 25 heavy (non-hydrogen) atoms. The van der Waals surface area contributed by atoms with Crippen LogP contribution in [0.1, 0.15) is 5.56 Å². The fraction of sp³-hybridized carbons (Fsp3) is 0.444. The summed E-state index contributed by atoms with van der Waals surface area (Å²) in [6.45, 7) is 5.49. The van der Waals surface area contributed by atoms with Crippen molar-refractivity contribution in [1.29, 1.82) is 0 Å². The molecule has 2 aliphatic rings. The zero-order chi connectivity index (χ0) is 17.8. The summed E-state index contributed by atoms with van der Waals surface area (Å²) in [5.74, 6) is 0.807. The van der Waals surface area contributed by atoms with E-state index in [2.05, 4.69) is 11.9 Å². The molecule has 2 saturated heterocycles. The van der Waals surface area contributed by atoms with Crippen LogP contribution in [-0.4, -0.2) is 67.4 Å². The van der Waals surface area contributed by atoms with Gasteiger partial charge < -0.3 is 19.7 Å². The number of benzene rings is 1. The first-order valence-corrected chi connectivity index (χ1v) is 8.36. The number of nitrogens with one attached hydrogen (secondary N) is 1. The zero-order valence-electron chi connectivity index (χ0n) is 14.3. The molecule has 1 N–H and O–H groups in total. The predicted octanol–water partition coefficient (Wildman–Crippen LogP) is 1.64. The molecule has 7 heteroatoms. The minimum absolute atomic E-state index is 0.0831. The van der Waals surface area contributed by atoms with Crippen molar-refractivity contribution < 1.29 is 19.1 Å². The molecule has 7 nitrogen and oxygen atoms in total. The van der Waals surface area contributed by atoms with Gasteiger partial charge in [0, 0.05) is 19.6 Å². The highest BCUT2D eigenvalue weighted by Crippen LogP contribution is 2.27. The van der Waals surface area contributed by atoms with Crippen molar-refractivity contribution in [2.45, 2.75) is 18.6 Å².